The van der Waals surface area contributed by atoms with Gasteiger partial charge in [-0.25, -0.2) is 4.79 Å². The Morgan fingerprint density at radius 3 is 2.95 bits per heavy atom. The lowest BCUT2D eigenvalue weighted by Gasteiger charge is -2.18. The van der Waals surface area contributed by atoms with Gasteiger partial charge in [0.25, 0.3) is 5.89 Å². The molecular weight excluding hydrogens is 272 g/mol. The maximum Gasteiger partial charge on any atom is 0.332 e. The van der Waals surface area contributed by atoms with Gasteiger partial charge in [0.05, 0.1) is 6.61 Å². The normalized spacial score (nSPS) is 31.5. The van der Waals surface area contributed by atoms with Crippen LogP contribution in [0.2, 0.25) is 0 Å². The fraction of sp³-hybridized carbons (Fsp3) is 0.727. The molecule has 0 saturated carbocycles. The number of nitrogens with zero attached hydrogens (tertiary/aromatic N) is 2. The van der Waals surface area contributed by atoms with Gasteiger partial charge in [0.15, 0.2) is 6.10 Å². The van der Waals surface area contributed by atoms with E-state index in [1.165, 1.54) is 0 Å². The number of carboxylic acids is 1. The van der Waals surface area contributed by atoms with Crippen molar-refractivity contribution in [3.05, 3.63) is 11.7 Å². The second-order valence-corrected chi connectivity index (χ2v) is 5.60. The first-order valence-corrected chi connectivity index (χ1v) is 7.30. The molecule has 3 unspecified atom stereocenters. The molecule has 8 heteroatoms. The topological polar surface area (TPSA) is 94.7 Å². The zero-order valence-electron chi connectivity index (χ0n) is 10.2. The average Bonchev–Trinajstić information content (AvgIpc) is 3.09. The Hall–Kier alpha value is -1.12. The van der Waals surface area contributed by atoms with Gasteiger partial charge in [-0.15, -0.1) is 0 Å². The first kappa shape index (κ1) is 12.9. The van der Waals surface area contributed by atoms with Gasteiger partial charge in [-0.3, -0.25) is 0 Å². The highest BCUT2D eigenvalue weighted by atomic mass is 32.2. The molecule has 104 valence electrons. The summed E-state index contributed by atoms with van der Waals surface area (Å²) in [6.07, 6.45) is -0.292. The summed E-state index contributed by atoms with van der Waals surface area (Å²) in [5, 5.41) is 12.8. The van der Waals surface area contributed by atoms with Crippen LogP contribution in [0.15, 0.2) is 4.52 Å². The van der Waals surface area contributed by atoms with Crippen molar-refractivity contribution in [1.82, 2.24) is 10.1 Å². The Labute approximate surface area is 113 Å². The van der Waals surface area contributed by atoms with E-state index in [1.54, 1.807) is 11.8 Å². The van der Waals surface area contributed by atoms with Crippen molar-refractivity contribution < 1.29 is 23.9 Å². The van der Waals surface area contributed by atoms with Gasteiger partial charge >= 0.3 is 5.97 Å². The summed E-state index contributed by atoms with van der Waals surface area (Å²) in [6, 6.07) is 0. The largest absolute Gasteiger partial charge is 0.479 e. The number of thioether (sulfide) groups is 1. The van der Waals surface area contributed by atoms with Crippen molar-refractivity contribution in [3.63, 3.8) is 0 Å². The molecule has 0 spiro atoms. The monoisotopic (exact) mass is 286 g/mol. The number of aromatic nitrogens is 2. The van der Waals surface area contributed by atoms with Crippen LogP contribution in [-0.4, -0.2) is 45.4 Å². The number of carbonyl (C=O) groups is 1. The molecule has 0 radical (unpaired) electrons. The van der Waals surface area contributed by atoms with E-state index in [0.29, 0.717) is 31.2 Å². The molecule has 19 heavy (non-hydrogen) atoms. The minimum atomic E-state index is -0.950. The van der Waals surface area contributed by atoms with E-state index in [-0.39, 0.29) is 6.10 Å². The predicted molar refractivity (Wildman–Crippen MR) is 64.8 cm³/mol. The van der Waals surface area contributed by atoms with Crippen LogP contribution in [-0.2, 0) is 14.3 Å². The minimum Gasteiger partial charge on any atom is -0.479 e. The first-order chi connectivity index (χ1) is 9.24. The fourth-order valence-corrected chi connectivity index (χ4v) is 2.99. The molecule has 1 N–H and O–H groups in total. The average molecular weight is 286 g/mol. The van der Waals surface area contributed by atoms with Crippen LogP contribution in [0.5, 0.6) is 0 Å². The van der Waals surface area contributed by atoms with E-state index < -0.39 is 18.2 Å². The van der Waals surface area contributed by atoms with Crippen LogP contribution < -0.4 is 0 Å². The third-order valence-electron chi connectivity index (χ3n) is 3.13. The van der Waals surface area contributed by atoms with Gasteiger partial charge in [0, 0.05) is 11.5 Å². The summed E-state index contributed by atoms with van der Waals surface area (Å²) < 4.78 is 16.1. The molecule has 2 aliphatic rings. The van der Waals surface area contributed by atoms with Gasteiger partial charge in [-0.2, -0.15) is 16.7 Å². The highest BCUT2D eigenvalue weighted by molar-refractivity contribution is 7.99. The molecule has 0 aliphatic carbocycles. The van der Waals surface area contributed by atoms with Crippen LogP contribution in [0.3, 0.4) is 0 Å². The van der Waals surface area contributed by atoms with Crippen LogP contribution in [0.4, 0.5) is 0 Å². The van der Waals surface area contributed by atoms with Gasteiger partial charge in [-0.05, 0) is 12.8 Å². The molecule has 1 aromatic heterocycles. The lowest BCUT2D eigenvalue weighted by Crippen LogP contribution is -2.18. The van der Waals surface area contributed by atoms with Crippen LogP contribution in [0.1, 0.15) is 36.8 Å². The highest BCUT2D eigenvalue weighted by Gasteiger charge is 2.35. The van der Waals surface area contributed by atoms with Crippen LogP contribution >= 0.6 is 11.8 Å². The van der Waals surface area contributed by atoms with Gasteiger partial charge in [0.1, 0.15) is 12.2 Å². The fourth-order valence-electron chi connectivity index (χ4n) is 2.15. The van der Waals surface area contributed by atoms with Gasteiger partial charge in [0.2, 0.25) is 5.82 Å². The van der Waals surface area contributed by atoms with Gasteiger partial charge in [-0.1, -0.05) is 5.16 Å². The first-order valence-electron chi connectivity index (χ1n) is 6.15. The Kier molecular flexibility index (Phi) is 3.72. The van der Waals surface area contributed by atoms with Crippen molar-refractivity contribution in [2.45, 2.75) is 31.2 Å². The number of carboxylic acid groups (broad SMARTS) is 1. The number of aliphatic carboxylic acids is 1. The number of rotatable bonds is 3. The second kappa shape index (κ2) is 5.48. The van der Waals surface area contributed by atoms with E-state index in [0.717, 1.165) is 11.5 Å². The Balaban J connectivity index is 1.66. The maximum atomic E-state index is 10.8. The molecule has 2 saturated heterocycles. The highest BCUT2D eigenvalue weighted by Crippen LogP contribution is 2.33. The predicted octanol–water partition coefficient (Wildman–Crippen LogP) is 1.18. The Bertz CT molecular complexity index is 460. The molecule has 2 fully saturated rings. The zero-order chi connectivity index (χ0) is 13.2. The standard InChI is InChI=1S/C11H14N2O5S/c14-11(15)7-2-1-6(17-7)10-12-9(13-18-10)8-5-19-4-3-16-8/h6-8H,1-5H2,(H,14,15). The molecule has 7 nitrogen and oxygen atoms in total. The summed E-state index contributed by atoms with van der Waals surface area (Å²) in [6.45, 7) is 0.681. The lowest BCUT2D eigenvalue weighted by molar-refractivity contribution is -0.150. The smallest absolute Gasteiger partial charge is 0.332 e. The van der Waals surface area contributed by atoms with Crippen molar-refractivity contribution in [1.29, 1.82) is 0 Å². The van der Waals surface area contributed by atoms with Crippen molar-refractivity contribution >= 4 is 17.7 Å². The minimum absolute atomic E-state index is 0.145. The van der Waals surface area contributed by atoms with Gasteiger partial charge < -0.3 is 19.1 Å². The van der Waals surface area contributed by atoms with Crippen molar-refractivity contribution in [3.8, 4) is 0 Å². The van der Waals surface area contributed by atoms with E-state index in [1.807, 2.05) is 0 Å². The van der Waals surface area contributed by atoms with Crippen LogP contribution in [0.25, 0.3) is 0 Å². The molecule has 3 rings (SSSR count). The van der Waals surface area contributed by atoms with E-state index in [2.05, 4.69) is 10.1 Å². The quantitative estimate of drug-likeness (QED) is 0.885. The van der Waals surface area contributed by atoms with E-state index in [9.17, 15) is 4.79 Å². The van der Waals surface area contributed by atoms with Crippen molar-refractivity contribution in [2.75, 3.05) is 18.1 Å². The molecule has 0 aromatic carbocycles. The zero-order valence-corrected chi connectivity index (χ0v) is 11.0. The SMILES string of the molecule is O=C(O)C1CCC(c2nc(C3CSCCO3)no2)O1. The molecule has 1 aromatic rings. The number of hydrogen-bond acceptors (Lipinski definition) is 7. The summed E-state index contributed by atoms with van der Waals surface area (Å²) in [5.74, 6) is 1.70. The molecule has 3 atom stereocenters. The van der Waals surface area contributed by atoms with Crippen LogP contribution in [0, 0.1) is 0 Å². The summed E-state index contributed by atoms with van der Waals surface area (Å²) in [5.41, 5.74) is 0. The number of hydrogen-bond donors (Lipinski definition) is 1. The number of ether oxygens (including phenoxy) is 2. The van der Waals surface area contributed by atoms with E-state index >= 15 is 0 Å². The Morgan fingerprint density at radius 2 is 2.26 bits per heavy atom. The molecule has 3 heterocycles. The summed E-state index contributed by atoms with van der Waals surface area (Å²) in [7, 11) is 0. The molecule has 0 bridgehead atoms. The molecular formula is C11H14N2O5S. The summed E-state index contributed by atoms with van der Waals surface area (Å²) in [4.78, 5) is 15.1. The second-order valence-electron chi connectivity index (χ2n) is 4.45. The van der Waals surface area contributed by atoms with E-state index in [4.69, 9.17) is 19.1 Å². The Morgan fingerprint density at radius 1 is 1.37 bits per heavy atom. The third-order valence-corrected chi connectivity index (χ3v) is 4.13. The molecule has 0 amide bonds. The lowest BCUT2D eigenvalue weighted by atomic mass is 10.2. The maximum absolute atomic E-state index is 10.8. The summed E-state index contributed by atoms with van der Waals surface area (Å²) >= 11 is 1.79. The van der Waals surface area contributed by atoms with Crippen molar-refractivity contribution in [2.24, 2.45) is 0 Å². The third kappa shape index (κ3) is 2.75. The molecule has 2 aliphatic heterocycles.